The molecule has 2 aliphatic carbocycles. The summed E-state index contributed by atoms with van der Waals surface area (Å²) in [4.78, 5) is 0. The minimum atomic E-state index is -0.492. The predicted octanol–water partition coefficient (Wildman–Crippen LogP) is 3.75. The standard InChI is InChI=1S/C17H32O2/c1-13(15-7-3-2-4-8-15)16-9-5-6-14(10-16)11-17(19)12-18/h13-19H,2-12H2,1H3/t13-,14?,16?,17-/m1/s1. The average molecular weight is 268 g/mol. The summed E-state index contributed by atoms with van der Waals surface area (Å²) in [5, 5.41) is 18.6. The van der Waals surface area contributed by atoms with Crippen molar-refractivity contribution in [1.82, 2.24) is 0 Å². The van der Waals surface area contributed by atoms with Crippen molar-refractivity contribution in [2.75, 3.05) is 6.61 Å². The molecule has 2 saturated carbocycles. The number of aliphatic hydroxyl groups excluding tert-OH is 2. The van der Waals surface area contributed by atoms with Gasteiger partial charge in [-0.25, -0.2) is 0 Å². The van der Waals surface area contributed by atoms with E-state index in [2.05, 4.69) is 6.92 Å². The SMILES string of the molecule is C[C@H](C1CCCCC1)C1CCCC(C[C@@H](O)CO)C1. The molecule has 2 rings (SSSR count). The molecule has 2 unspecified atom stereocenters. The Morgan fingerprint density at radius 2 is 1.63 bits per heavy atom. The van der Waals surface area contributed by atoms with E-state index in [0.29, 0.717) is 5.92 Å². The number of hydrogen-bond donors (Lipinski definition) is 2. The lowest BCUT2D eigenvalue weighted by Gasteiger charge is -2.38. The van der Waals surface area contributed by atoms with Crippen LogP contribution in [0.2, 0.25) is 0 Å². The van der Waals surface area contributed by atoms with Gasteiger partial charge >= 0.3 is 0 Å². The first kappa shape index (κ1) is 15.3. The van der Waals surface area contributed by atoms with Gasteiger partial charge in [0.15, 0.2) is 0 Å². The van der Waals surface area contributed by atoms with E-state index >= 15 is 0 Å². The van der Waals surface area contributed by atoms with Crippen molar-refractivity contribution in [2.45, 2.75) is 77.2 Å². The van der Waals surface area contributed by atoms with Crippen molar-refractivity contribution in [2.24, 2.45) is 23.7 Å². The molecule has 2 nitrogen and oxygen atoms in total. The fraction of sp³-hybridized carbons (Fsp3) is 1.00. The Balaban J connectivity index is 1.82. The van der Waals surface area contributed by atoms with E-state index in [9.17, 15) is 5.11 Å². The van der Waals surface area contributed by atoms with Crippen LogP contribution >= 0.6 is 0 Å². The van der Waals surface area contributed by atoms with E-state index in [1.807, 2.05) is 0 Å². The third-order valence-corrected chi connectivity index (χ3v) is 5.78. The molecule has 2 N–H and O–H groups in total. The lowest BCUT2D eigenvalue weighted by molar-refractivity contribution is 0.0536. The Bertz CT molecular complexity index is 248. The first-order chi connectivity index (χ1) is 9.20. The van der Waals surface area contributed by atoms with Gasteiger partial charge in [-0.2, -0.15) is 0 Å². The van der Waals surface area contributed by atoms with E-state index in [4.69, 9.17) is 5.11 Å². The number of hydrogen-bond acceptors (Lipinski definition) is 2. The van der Waals surface area contributed by atoms with Crippen LogP contribution in [-0.4, -0.2) is 22.9 Å². The van der Waals surface area contributed by atoms with Crippen LogP contribution in [0.15, 0.2) is 0 Å². The highest BCUT2D eigenvalue weighted by atomic mass is 16.3. The van der Waals surface area contributed by atoms with Crippen molar-refractivity contribution in [3.8, 4) is 0 Å². The van der Waals surface area contributed by atoms with Crippen LogP contribution in [0.4, 0.5) is 0 Å². The van der Waals surface area contributed by atoms with E-state index < -0.39 is 6.10 Å². The van der Waals surface area contributed by atoms with Gasteiger partial charge in [0.25, 0.3) is 0 Å². The summed E-state index contributed by atoms with van der Waals surface area (Å²) < 4.78 is 0. The maximum absolute atomic E-state index is 9.63. The van der Waals surface area contributed by atoms with Crippen LogP contribution in [-0.2, 0) is 0 Å². The van der Waals surface area contributed by atoms with Crippen LogP contribution in [0, 0.1) is 23.7 Å². The molecule has 0 aromatic rings. The van der Waals surface area contributed by atoms with Crippen molar-refractivity contribution in [3.05, 3.63) is 0 Å². The van der Waals surface area contributed by atoms with Gasteiger partial charge < -0.3 is 10.2 Å². The maximum atomic E-state index is 9.63. The molecule has 0 aromatic heterocycles. The number of rotatable bonds is 5. The molecule has 19 heavy (non-hydrogen) atoms. The molecule has 2 fully saturated rings. The second-order valence-corrected chi connectivity index (χ2v) is 7.12. The van der Waals surface area contributed by atoms with Gasteiger partial charge in [0.05, 0.1) is 12.7 Å². The summed E-state index contributed by atoms with van der Waals surface area (Å²) in [5.74, 6) is 3.34. The summed E-state index contributed by atoms with van der Waals surface area (Å²) in [6, 6.07) is 0. The molecule has 0 amide bonds. The zero-order valence-electron chi connectivity index (χ0n) is 12.6. The van der Waals surface area contributed by atoms with Gasteiger partial charge in [0, 0.05) is 0 Å². The highest BCUT2D eigenvalue weighted by Gasteiger charge is 2.31. The molecule has 2 aliphatic rings. The van der Waals surface area contributed by atoms with Gasteiger partial charge in [-0.1, -0.05) is 58.3 Å². The molecular formula is C17H32O2. The van der Waals surface area contributed by atoms with E-state index in [-0.39, 0.29) is 6.61 Å². The molecule has 0 saturated heterocycles. The van der Waals surface area contributed by atoms with Gasteiger partial charge in [0.2, 0.25) is 0 Å². The summed E-state index contributed by atoms with van der Waals surface area (Å²) >= 11 is 0. The molecule has 0 spiro atoms. The average Bonchev–Trinajstić information content (AvgIpc) is 2.47. The zero-order valence-corrected chi connectivity index (χ0v) is 12.6. The Hall–Kier alpha value is -0.0800. The second-order valence-electron chi connectivity index (χ2n) is 7.12. The molecule has 0 aliphatic heterocycles. The Morgan fingerprint density at radius 3 is 2.32 bits per heavy atom. The zero-order chi connectivity index (χ0) is 13.7. The van der Waals surface area contributed by atoms with Gasteiger partial charge in [-0.3, -0.25) is 0 Å². The monoisotopic (exact) mass is 268 g/mol. The maximum Gasteiger partial charge on any atom is 0.0773 e. The summed E-state index contributed by atoms with van der Waals surface area (Å²) in [7, 11) is 0. The van der Waals surface area contributed by atoms with Crippen molar-refractivity contribution in [1.29, 1.82) is 0 Å². The largest absolute Gasteiger partial charge is 0.394 e. The van der Waals surface area contributed by atoms with Crippen LogP contribution in [0.25, 0.3) is 0 Å². The molecule has 0 bridgehead atoms. The number of aliphatic hydroxyl groups is 2. The minimum Gasteiger partial charge on any atom is -0.394 e. The topological polar surface area (TPSA) is 40.5 Å². The minimum absolute atomic E-state index is 0.0701. The molecule has 4 atom stereocenters. The predicted molar refractivity (Wildman–Crippen MR) is 78.9 cm³/mol. The van der Waals surface area contributed by atoms with Crippen LogP contribution in [0.3, 0.4) is 0 Å². The highest BCUT2D eigenvalue weighted by Crippen LogP contribution is 2.42. The Kier molecular flexibility index (Phi) is 6.15. The third kappa shape index (κ3) is 4.46. The van der Waals surface area contributed by atoms with Crippen LogP contribution < -0.4 is 0 Å². The van der Waals surface area contributed by atoms with Crippen molar-refractivity contribution in [3.63, 3.8) is 0 Å². The molecular weight excluding hydrogens is 236 g/mol. The molecule has 0 radical (unpaired) electrons. The van der Waals surface area contributed by atoms with Crippen LogP contribution in [0.1, 0.15) is 71.1 Å². The first-order valence-electron chi connectivity index (χ1n) is 8.49. The van der Waals surface area contributed by atoms with Crippen molar-refractivity contribution >= 4 is 0 Å². The lowest BCUT2D eigenvalue weighted by Crippen LogP contribution is -2.29. The van der Waals surface area contributed by atoms with E-state index in [1.165, 1.54) is 57.8 Å². The van der Waals surface area contributed by atoms with Gasteiger partial charge in [0.1, 0.15) is 0 Å². The Morgan fingerprint density at radius 1 is 0.947 bits per heavy atom. The molecule has 0 aromatic carbocycles. The smallest absolute Gasteiger partial charge is 0.0773 e. The van der Waals surface area contributed by atoms with E-state index in [1.54, 1.807) is 0 Å². The normalized spacial score (nSPS) is 33.0. The quantitative estimate of drug-likeness (QED) is 0.797. The molecule has 2 heteroatoms. The third-order valence-electron chi connectivity index (χ3n) is 5.78. The van der Waals surface area contributed by atoms with E-state index in [0.717, 1.165) is 24.2 Å². The first-order valence-corrected chi connectivity index (χ1v) is 8.49. The highest BCUT2D eigenvalue weighted by molar-refractivity contribution is 4.82. The lowest BCUT2D eigenvalue weighted by atomic mass is 9.67. The Labute approximate surface area is 118 Å². The second kappa shape index (κ2) is 7.64. The summed E-state index contributed by atoms with van der Waals surface area (Å²) in [6.45, 7) is 2.41. The van der Waals surface area contributed by atoms with Gasteiger partial charge in [-0.05, 0) is 36.5 Å². The summed E-state index contributed by atoms with van der Waals surface area (Å²) in [6.07, 6.45) is 12.8. The fourth-order valence-corrected chi connectivity index (χ4v) is 4.53. The fourth-order valence-electron chi connectivity index (χ4n) is 4.53. The molecule has 112 valence electrons. The van der Waals surface area contributed by atoms with Crippen LogP contribution in [0.5, 0.6) is 0 Å². The van der Waals surface area contributed by atoms with Gasteiger partial charge in [-0.15, -0.1) is 0 Å². The molecule has 0 heterocycles. The van der Waals surface area contributed by atoms with Crippen molar-refractivity contribution < 1.29 is 10.2 Å². The summed E-state index contributed by atoms with van der Waals surface area (Å²) in [5.41, 5.74) is 0.